The van der Waals surface area contributed by atoms with Crippen LogP contribution in [0.1, 0.15) is 6.92 Å². The van der Waals surface area contributed by atoms with Crippen LogP contribution in [0.4, 0.5) is 0 Å². The van der Waals surface area contributed by atoms with E-state index in [2.05, 4.69) is 0 Å². The van der Waals surface area contributed by atoms with Crippen LogP contribution in [-0.2, 0) is 9.59 Å². The number of rotatable bonds is 2. The minimum atomic E-state index is -1.37. The highest BCUT2D eigenvalue weighted by Crippen LogP contribution is 1.94. The third-order valence-corrected chi connectivity index (χ3v) is 0.819. The maximum atomic E-state index is 10.4. The van der Waals surface area contributed by atoms with E-state index in [0.717, 1.165) is 6.92 Å². The van der Waals surface area contributed by atoms with E-state index in [1.165, 1.54) is 6.07 Å². The maximum absolute atomic E-state index is 10.4. The molecule has 0 heterocycles. The predicted molar refractivity (Wildman–Crippen MR) is 32.0 cm³/mol. The summed E-state index contributed by atoms with van der Waals surface area (Å²) >= 11 is 0. The smallest absolute Gasteiger partial charge is 0.340 e. The van der Waals surface area contributed by atoms with Gasteiger partial charge in [0.1, 0.15) is 5.57 Å². The van der Waals surface area contributed by atoms with Gasteiger partial charge in [-0.05, 0) is 6.92 Å². The van der Waals surface area contributed by atoms with Gasteiger partial charge in [0.2, 0.25) is 0 Å². The molecule has 4 nitrogen and oxygen atoms in total. The lowest BCUT2D eigenvalue weighted by Gasteiger charge is -1.89. The van der Waals surface area contributed by atoms with Crippen LogP contribution in [0.15, 0.2) is 11.6 Å². The van der Waals surface area contributed by atoms with Gasteiger partial charge in [0.05, 0.1) is 6.07 Å². The first-order valence-electron chi connectivity index (χ1n) is 2.43. The lowest BCUT2D eigenvalue weighted by atomic mass is 10.2. The second kappa shape index (κ2) is 3.41. The standard InChI is InChI=1S/C6H5NO3/c1-4(8)5(2-3-7)6(9)10/h2H,1H3,(H,9,10)/b5-2-. The summed E-state index contributed by atoms with van der Waals surface area (Å²) in [5.41, 5.74) is -0.484. The van der Waals surface area contributed by atoms with Gasteiger partial charge in [-0.25, -0.2) is 4.79 Å². The molecule has 0 aliphatic carbocycles. The first kappa shape index (κ1) is 8.37. The molecule has 0 fully saturated rings. The van der Waals surface area contributed by atoms with Gasteiger partial charge in [0.25, 0.3) is 0 Å². The first-order valence-corrected chi connectivity index (χ1v) is 2.43. The minimum absolute atomic E-state index is 0.484. The van der Waals surface area contributed by atoms with Crippen molar-refractivity contribution in [3.63, 3.8) is 0 Å². The van der Waals surface area contributed by atoms with Gasteiger partial charge in [-0.15, -0.1) is 0 Å². The fraction of sp³-hybridized carbons (Fsp3) is 0.167. The fourth-order valence-corrected chi connectivity index (χ4v) is 0.379. The van der Waals surface area contributed by atoms with Gasteiger partial charge in [0, 0.05) is 6.08 Å². The van der Waals surface area contributed by atoms with E-state index in [4.69, 9.17) is 10.4 Å². The Labute approximate surface area is 57.4 Å². The number of aliphatic carboxylic acids is 1. The van der Waals surface area contributed by atoms with E-state index in [-0.39, 0.29) is 0 Å². The molecule has 0 bridgehead atoms. The molecule has 10 heavy (non-hydrogen) atoms. The molecule has 0 saturated carbocycles. The summed E-state index contributed by atoms with van der Waals surface area (Å²) in [6, 6.07) is 1.47. The number of hydrogen-bond donors (Lipinski definition) is 1. The molecule has 0 aliphatic rings. The topological polar surface area (TPSA) is 78.2 Å². The minimum Gasteiger partial charge on any atom is -0.478 e. The average molecular weight is 139 g/mol. The zero-order chi connectivity index (χ0) is 8.15. The van der Waals surface area contributed by atoms with Crippen LogP contribution >= 0.6 is 0 Å². The summed E-state index contributed by atoms with van der Waals surface area (Å²) in [4.78, 5) is 20.5. The Kier molecular flexibility index (Phi) is 2.85. The summed E-state index contributed by atoms with van der Waals surface area (Å²) in [5, 5.41) is 16.2. The second-order valence-electron chi connectivity index (χ2n) is 1.55. The second-order valence-corrected chi connectivity index (χ2v) is 1.55. The number of ketones is 1. The van der Waals surface area contributed by atoms with Crippen molar-refractivity contribution in [3.05, 3.63) is 11.6 Å². The SMILES string of the molecule is CC(=O)/C(=C/C#N)C(=O)O. The maximum Gasteiger partial charge on any atom is 0.340 e. The molecule has 0 rings (SSSR count). The molecule has 0 unspecified atom stereocenters. The molecule has 0 aliphatic heterocycles. The van der Waals surface area contributed by atoms with E-state index in [1.54, 1.807) is 0 Å². The normalized spacial score (nSPS) is 10.2. The molecule has 0 atom stereocenters. The Hall–Kier alpha value is -1.63. The van der Waals surface area contributed by atoms with E-state index in [0.29, 0.717) is 6.08 Å². The van der Waals surface area contributed by atoms with Crippen LogP contribution < -0.4 is 0 Å². The van der Waals surface area contributed by atoms with Crippen LogP contribution in [0.2, 0.25) is 0 Å². The highest BCUT2D eigenvalue weighted by atomic mass is 16.4. The van der Waals surface area contributed by atoms with Crippen LogP contribution in [-0.4, -0.2) is 16.9 Å². The largest absolute Gasteiger partial charge is 0.478 e. The third kappa shape index (κ3) is 2.09. The summed E-state index contributed by atoms with van der Waals surface area (Å²) in [6.45, 7) is 1.09. The molecule has 0 amide bonds. The number of carbonyl (C=O) groups excluding carboxylic acids is 1. The van der Waals surface area contributed by atoms with Crippen molar-refractivity contribution in [2.24, 2.45) is 0 Å². The number of nitrogens with zero attached hydrogens (tertiary/aromatic N) is 1. The van der Waals surface area contributed by atoms with Crippen molar-refractivity contribution in [3.8, 4) is 6.07 Å². The van der Waals surface area contributed by atoms with Gasteiger partial charge >= 0.3 is 5.97 Å². The van der Waals surface area contributed by atoms with E-state index >= 15 is 0 Å². The van der Waals surface area contributed by atoms with Crippen molar-refractivity contribution >= 4 is 11.8 Å². The zero-order valence-electron chi connectivity index (χ0n) is 5.29. The number of Topliss-reactive ketones (excluding diaryl/α,β-unsaturated/α-hetero) is 1. The van der Waals surface area contributed by atoms with Crippen LogP contribution in [0.5, 0.6) is 0 Å². The van der Waals surface area contributed by atoms with Crippen LogP contribution in [0.25, 0.3) is 0 Å². The summed E-state index contributed by atoms with van der Waals surface area (Å²) in [7, 11) is 0. The van der Waals surface area contributed by atoms with Crippen LogP contribution in [0, 0.1) is 11.3 Å². The summed E-state index contributed by atoms with van der Waals surface area (Å²) in [5.74, 6) is -1.98. The highest BCUT2D eigenvalue weighted by Gasteiger charge is 2.11. The lowest BCUT2D eigenvalue weighted by molar-refractivity contribution is -0.134. The van der Waals surface area contributed by atoms with Crippen LogP contribution in [0.3, 0.4) is 0 Å². The van der Waals surface area contributed by atoms with E-state index < -0.39 is 17.3 Å². The van der Waals surface area contributed by atoms with Crippen molar-refractivity contribution in [1.82, 2.24) is 0 Å². The van der Waals surface area contributed by atoms with Crippen molar-refractivity contribution in [1.29, 1.82) is 5.26 Å². The molecule has 0 spiro atoms. The Bertz CT molecular complexity index is 218. The molecular formula is C6H5NO3. The van der Waals surface area contributed by atoms with Gasteiger partial charge in [-0.2, -0.15) is 5.26 Å². The van der Waals surface area contributed by atoms with Crippen molar-refractivity contribution in [2.45, 2.75) is 6.92 Å². The van der Waals surface area contributed by atoms with E-state index in [1.807, 2.05) is 0 Å². The predicted octanol–water partition coefficient (Wildman–Crippen LogP) is 0.110. The summed E-state index contributed by atoms with van der Waals surface area (Å²) in [6.07, 6.45) is 0.713. The number of allylic oxidation sites excluding steroid dienone is 1. The molecule has 52 valence electrons. The Morgan fingerprint density at radius 3 is 2.20 bits per heavy atom. The quantitative estimate of drug-likeness (QED) is 0.255. The molecule has 0 saturated heterocycles. The Balaban J connectivity index is 4.64. The Morgan fingerprint density at radius 1 is 1.60 bits per heavy atom. The average Bonchev–Trinajstić information content (AvgIpc) is 1.81. The molecular weight excluding hydrogens is 134 g/mol. The number of hydrogen-bond acceptors (Lipinski definition) is 3. The number of carbonyl (C=O) groups is 2. The number of carboxylic acid groups (broad SMARTS) is 1. The number of nitriles is 1. The molecule has 4 heteroatoms. The van der Waals surface area contributed by atoms with Gasteiger partial charge in [-0.3, -0.25) is 4.79 Å². The number of carboxylic acids is 1. The monoisotopic (exact) mass is 139 g/mol. The molecule has 0 aromatic carbocycles. The lowest BCUT2D eigenvalue weighted by Crippen LogP contribution is -2.08. The van der Waals surface area contributed by atoms with E-state index in [9.17, 15) is 9.59 Å². The molecule has 0 aromatic heterocycles. The van der Waals surface area contributed by atoms with Gasteiger partial charge in [0.15, 0.2) is 5.78 Å². The van der Waals surface area contributed by atoms with Crippen molar-refractivity contribution < 1.29 is 14.7 Å². The van der Waals surface area contributed by atoms with Gasteiger partial charge in [-0.1, -0.05) is 0 Å². The first-order chi connectivity index (χ1) is 4.59. The highest BCUT2D eigenvalue weighted by molar-refractivity contribution is 6.15. The summed E-state index contributed by atoms with van der Waals surface area (Å²) < 4.78 is 0. The molecule has 0 radical (unpaired) electrons. The fourth-order valence-electron chi connectivity index (χ4n) is 0.379. The van der Waals surface area contributed by atoms with Gasteiger partial charge < -0.3 is 5.11 Å². The zero-order valence-corrected chi connectivity index (χ0v) is 5.29. The molecule has 1 N–H and O–H groups in total. The Morgan fingerprint density at radius 2 is 2.10 bits per heavy atom. The molecule has 0 aromatic rings. The van der Waals surface area contributed by atoms with Crippen molar-refractivity contribution in [2.75, 3.05) is 0 Å². The third-order valence-electron chi connectivity index (χ3n) is 0.819.